The molecular weight excluding hydrogens is 244 g/mol. The lowest BCUT2D eigenvalue weighted by molar-refractivity contribution is -0.0857. The highest BCUT2D eigenvalue weighted by atomic mass is 16.5. The molecule has 0 saturated heterocycles. The Bertz CT molecular complexity index is 517. The van der Waals surface area contributed by atoms with Crippen molar-refractivity contribution in [3.8, 4) is 0 Å². The molecular formula is C15H18O4. The van der Waals surface area contributed by atoms with Crippen LogP contribution in [0.3, 0.4) is 0 Å². The fraction of sp³-hybridized carbons (Fsp3) is 0.467. The fourth-order valence-electron chi connectivity index (χ4n) is 2.47. The molecule has 2 N–H and O–H groups in total. The molecule has 0 saturated carbocycles. The molecule has 0 spiro atoms. The molecule has 0 atom stereocenters. The van der Waals surface area contributed by atoms with Gasteiger partial charge in [0, 0.05) is 11.1 Å². The summed E-state index contributed by atoms with van der Waals surface area (Å²) in [7, 11) is 0. The predicted octanol–water partition coefficient (Wildman–Crippen LogP) is 1.87. The van der Waals surface area contributed by atoms with Gasteiger partial charge in [-0.1, -0.05) is 44.4 Å². The molecule has 0 bridgehead atoms. The maximum Gasteiger partial charge on any atom is 0.295 e. The van der Waals surface area contributed by atoms with Gasteiger partial charge in [0.25, 0.3) is 5.79 Å². The fourth-order valence-corrected chi connectivity index (χ4v) is 2.47. The summed E-state index contributed by atoms with van der Waals surface area (Å²) in [5.41, 5.74) is 1.05. The molecule has 0 amide bonds. The first kappa shape index (κ1) is 13.9. The number of Topliss-reactive ketones (excluding diaryl/α,β-unsaturated/α-hetero) is 2. The number of rotatable bonds is 5. The van der Waals surface area contributed by atoms with Gasteiger partial charge < -0.3 is 10.2 Å². The van der Waals surface area contributed by atoms with Crippen LogP contribution in [-0.4, -0.2) is 27.6 Å². The monoisotopic (exact) mass is 262 g/mol. The minimum Gasteiger partial charge on any atom is -0.353 e. The second-order valence-electron chi connectivity index (χ2n) is 4.98. The summed E-state index contributed by atoms with van der Waals surface area (Å²) >= 11 is 0. The van der Waals surface area contributed by atoms with Crippen LogP contribution in [0.4, 0.5) is 0 Å². The molecule has 0 fully saturated rings. The van der Waals surface area contributed by atoms with Gasteiger partial charge in [0.2, 0.25) is 11.6 Å². The van der Waals surface area contributed by atoms with E-state index in [2.05, 4.69) is 6.92 Å². The number of aryl methyl sites for hydroxylation is 1. The Morgan fingerprint density at radius 3 is 2.47 bits per heavy atom. The molecule has 4 nitrogen and oxygen atoms in total. The predicted molar refractivity (Wildman–Crippen MR) is 70.1 cm³/mol. The molecule has 0 aromatic heterocycles. The summed E-state index contributed by atoms with van der Waals surface area (Å²) in [6.07, 6.45) is 4.92. The summed E-state index contributed by atoms with van der Waals surface area (Å²) in [5, 5.41) is 19.1. The van der Waals surface area contributed by atoms with Crippen molar-refractivity contribution in [2.45, 2.75) is 44.8 Å². The number of carbonyl (C=O) groups excluding carboxylic acids is 2. The average Bonchev–Trinajstić information content (AvgIpc) is 2.57. The first-order valence-corrected chi connectivity index (χ1v) is 6.66. The van der Waals surface area contributed by atoms with Crippen molar-refractivity contribution in [2.75, 3.05) is 0 Å². The van der Waals surface area contributed by atoms with Crippen LogP contribution in [0.15, 0.2) is 18.2 Å². The highest BCUT2D eigenvalue weighted by Crippen LogP contribution is 2.31. The van der Waals surface area contributed by atoms with E-state index >= 15 is 0 Å². The van der Waals surface area contributed by atoms with Crippen LogP contribution >= 0.6 is 0 Å². The first-order valence-electron chi connectivity index (χ1n) is 6.66. The molecule has 4 heteroatoms. The van der Waals surface area contributed by atoms with Gasteiger partial charge >= 0.3 is 0 Å². The molecule has 2 rings (SSSR count). The third-order valence-corrected chi connectivity index (χ3v) is 3.56. The van der Waals surface area contributed by atoms with E-state index in [1.807, 2.05) is 0 Å². The van der Waals surface area contributed by atoms with Crippen LogP contribution in [0.25, 0.3) is 0 Å². The number of carbonyl (C=O) groups is 2. The zero-order chi connectivity index (χ0) is 14.0. The maximum absolute atomic E-state index is 11.9. The second kappa shape index (κ2) is 5.23. The van der Waals surface area contributed by atoms with Gasteiger partial charge in [-0.3, -0.25) is 9.59 Å². The molecule has 0 unspecified atom stereocenters. The Morgan fingerprint density at radius 1 is 1.05 bits per heavy atom. The minimum atomic E-state index is -2.87. The third-order valence-electron chi connectivity index (χ3n) is 3.56. The largest absolute Gasteiger partial charge is 0.353 e. The maximum atomic E-state index is 11.9. The highest BCUT2D eigenvalue weighted by Gasteiger charge is 2.51. The smallest absolute Gasteiger partial charge is 0.295 e. The van der Waals surface area contributed by atoms with Crippen molar-refractivity contribution in [3.63, 3.8) is 0 Å². The van der Waals surface area contributed by atoms with E-state index in [0.29, 0.717) is 6.42 Å². The number of unbranched alkanes of at least 4 members (excludes halogenated alkanes) is 3. The SMILES string of the molecule is CCCCCCc1cccc2c1C(=O)C(O)(O)C2=O. The van der Waals surface area contributed by atoms with Crippen LogP contribution in [-0.2, 0) is 6.42 Å². The van der Waals surface area contributed by atoms with Gasteiger partial charge in [-0.15, -0.1) is 0 Å². The highest BCUT2D eigenvalue weighted by molar-refractivity contribution is 6.31. The Balaban J connectivity index is 2.26. The molecule has 0 radical (unpaired) electrons. The normalized spacial score (nSPS) is 16.8. The summed E-state index contributed by atoms with van der Waals surface area (Å²) < 4.78 is 0. The molecule has 1 aromatic carbocycles. The number of ketones is 2. The molecule has 1 aromatic rings. The lowest BCUT2D eigenvalue weighted by Gasteiger charge is -2.09. The van der Waals surface area contributed by atoms with E-state index in [4.69, 9.17) is 0 Å². The number of benzene rings is 1. The second-order valence-corrected chi connectivity index (χ2v) is 4.98. The molecule has 1 aliphatic rings. The summed E-state index contributed by atoms with van der Waals surface area (Å²) in [4.78, 5) is 23.7. The zero-order valence-electron chi connectivity index (χ0n) is 11.0. The van der Waals surface area contributed by atoms with Gasteiger partial charge in [-0.05, 0) is 18.4 Å². The van der Waals surface area contributed by atoms with Gasteiger partial charge in [-0.25, -0.2) is 0 Å². The van der Waals surface area contributed by atoms with E-state index in [-0.39, 0.29) is 11.1 Å². The van der Waals surface area contributed by atoms with Gasteiger partial charge in [0.1, 0.15) is 0 Å². The van der Waals surface area contributed by atoms with E-state index in [0.717, 1.165) is 31.2 Å². The standard InChI is InChI=1S/C15H18O4/c1-2-3-4-5-7-10-8-6-9-11-12(10)14(17)15(18,19)13(11)16/h6,8-9,18-19H,2-5,7H2,1H3. The van der Waals surface area contributed by atoms with Gasteiger partial charge in [0.05, 0.1) is 0 Å². The van der Waals surface area contributed by atoms with Crippen LogP contribution in [0.5, 0.6) is 0 Å². The number of hydrogen-bond donors (Lipinski definition) is 2. The van der Waals surface area contributed by atoms with Crippen molar-refractivity contribution in [1.82, 2.24) is 0 Å². The van der Waals surface area contributed by atoms with Crippen LogP contribution in [0.1, 0.15) is 58.9 Å². The minimum absolute atomic E-state index is 0.128. The molecule has 19 heavy (non-hydrogen) atoms. The lowest BCUT2D eigenvalue weighted by atomic mass is 9.97. The van der Waals surface area contributed by atoms with Crippen LogP contribution < -0.4 is 0 Å². The third kappa shape index (κ3) is 2.33. The van der Waals surface area contributed by atoms with Crippen LogP contribution in [0, 0.1) is 0 Å². The molecule has 102 valence electrons. The summed E-state index contributed by atoms with van der Waals surface area (Å²) in [5.74, 6) is -4.68. The van der Waals surface area contributed by atoms with Crippen LogP contribution in [0.2, 0.25) is 0 Å². The van der Waals surface area contributed by atoms with Crippen molar-refractivity contribution in [1.29, 1.82) is 0 Å². The van der Waals surface area contributed by atoms with Gasteiger partial charge in [-0.2, -0.15) is 0 Å². The summed E-state index contributed by atoms with van der Waals surface area (Å²) in [6.45, 7) is 2.12. The number of fused-ring (bicyclic) bond motifs is 1. The average molecular weight is 262 g/mol. The Labute approximate surface area is 112 Å². The van der Waals surface area contributed by atoms with E-state index in [1.165, 1.54) is 6.07 Å². The Morgan fingerprint density at radius 2 is 1.79 bits per heavy atom. The molecule has 1 aliphatic carbocycles. The van der Waals surface area contributed by atoms with Crippen molar-refractivity contribution < 1.29 is 19.8 Å². The van der Waals surface area contributed by atoms with Crippen molar-refractivity contribution in [3.05, 3.63) is 34.9 Å². The molecule has 0 aliphatic heterocycles. The number of aliphatic hydroxyl groups is 2. The zero-order valence-corrected chi connectivity index (χ0v) is 11.0. The van der Waals surface area contributed by atoms with Crippen molar-refractivity contribution >= 4 is 11.6 Å². The quantitative estimate of drug-likeness (QED) is 0.482. The molecule has 0 heterocycles. The Kier molecular flexibility index (Phi) is 3.83. The van der Waals surface area contributed by atoms with Gasteiger partial charge in [0.15, 0.2) is 0 Å². The first-order chi connectivity index (χ1) is 9.00. The van der Waals surface area contributed by atoms with E-state index in [9.17, 15) is 19.8 Å². The van der Waals surface area contributed by atoms with E-state index < -0.39 is 17.4 Å². The lowest BCUT2D eigenvalue weighted by Crippen LogP contribution is -2.40. The number of hydrogen-bond acceptors (Lipinski definition) is 4. The summed E-state index contributed by atoms with van der Waals surface area (Å²) in [6, 6.07) is 4.93. The Hall–Kier alpha value is -1.52. The van der Waals surface area contributed by atoms with Crippen molar-refractivity contribution in [2.24, 2.45) is 0 Å². The van der Waals surface area contributed by atoms with E-state index in [1.54, 1.807) is 12.1 Å². The topological polar surface area (TPSA) is 74.6 Å².